The Hall–Kier alpha value is -2.33. The summed E-state index contributed by atoms with van der Waals surface area (Å²) in [5.74, 6) is -0.175. The SMILES string of the molecule is CN1CCCc2cc(NC(=O)CC(O)c3ccccc3)ccc21. The monoisotopic (exact) mass is 310 g/mol. The lowest BCUT2D eigenvalue weighted by Crippen LogP contribution is -2.24. The summed E-state index contributed by atoms with van der Waals surface area (Å²) in [5, 5.41) is 13.0. The third kappa shape index (κ3) is 3.71. The number of aliphatic hydroxyl groups is 1. The molecule has 1 aliphatic heterocycles. The number of hydrogen-bond acceptors (Lipinski definition) is 3. The number of carbonyl (C=O) groups is 1. The molecule has 1 aliphatic rings. The third-order valence-electron chi connectivity index (χ3n) is 4.28. The molecule has 0 bridgehead atoms. The van der Waals surface area contributed by atoms with Crippen molar-refractivity contribution in [3.8, 4) is 0 Å². The predicted octanol–water partition coefficient (Wildman–Crippen LogP) is 3.13. The van der Waals surface area contributed by atoms with Gasteiger partial charge in [0.1, 0.15) is 0 Å². The van der Waals surface area contributed by atoms with Gasteiger partial charge < -0.3 is 15.3 Å². The second-order valence-electron chi connectivity index (χ2n) is 6.05. The number of rotatable bonds is 4. The molecule has 0 aromatic heterocycles. The number of anilines is 2. The Kier molecular flexibility index (Phi) is 4.63. The molecule has 120 valence electrons. The smallest absolute Gasteiger partial charge is 0.227 e. The fourth-order valence-corrected chi connectivity index (χ4v) is 3.04. The van der Waals surface area contributed by atoms with Crippen molar-refractivity contribution in [1.82, 2.24) is 0 Å². The number of nitrogens with one attached hydrogen (secondary N) is 1. The van der Waals surface area contributed by atoms with Crippen molar-refractivity contribution in [3.05, 3.63) is 59.7 Å². The summed E-state index contributed by atoms with van der Waals surface area (Å²) in [6.45, 7) is 1.07. The van der Waals surface area contributed by atoms with E-state index in [4.69, 9.17) is 0 Å². The summed E-state index contributed by atoms with van der Waals surface area (Å²) in [4.78, 5) is 14.4. The standard InChI is InChI=1S/C19H22N2O2/c1-21-11-5-8-15-12-16(9-10-17(15)21)20-19(23)13-18(22)14-6-3-2-4-7-14/h2-4,6-7,9-10,12,18,22H,5,8,11,13H2,1H3,(H,20,23). The fourth-order valence-electron chi connectivity index (χ4n) is 3.04. The van der Waals surface area contributed by atoms with Crippen molar-refractivity contribution in [2.45, 2.75) is 25.4 Å². The van der Waals surface area contributed by atoms with Crippen LogP contribution in [0.3, 0.4) is 0 Å². The lowest BCUT2D eigenvalue weighted by atomic mass is 10.0. The molecule has 0 fully saturated rings. The van der Waals surface area contributed by atoms with Gasteiger partial charge in [-0.15, -0.1) is 0 Å². The molecule has 1 heterocycles. The molecule has 2 aromatic rings. The molecular weight excluding hydrogens is 288 g/mol. The normalized spacial score (nSPS) is 15.0. The van der Waals surface area contributed by atoms with E-state index < -0.39 is 6.10 Å². The van der Waals surface area contributed by atoms with Crippen LogP contribution in [0, 0.1) is 0 Å². The fraction of sp³-hybridized carbons (Fsp3) is 0.316. The zero-order valence-corrected chi connectivity index (χ0v) is 13.3. The van der Waals surface area contributed by atoms with Gasteiger partial charge in [0, 0.05) is 25.0 Å². The van der Waals surface area contributed by atoms with Gasteiger partial charge in [-0.05, 0) is 42.2 Å². The van der Waals surface area contributed by atoms with Gasteiger partial charge in [0.2, 0.25) is 5.91 Å². The van der Waals surface area contributed by atoms with Crippen LogP contribution in [-0.4, -0.2) is 24.6 Å². The average molecular weight is 310 g/mol. The minimum atomic E-state index is -0.778. The largest absolute Gasteiger partial charge is 0.388 e. The molecule has 4 nitrogen and oxygen atoms in total. The first-order valence-electron chi connectivity index (χ1n) is 8.00. The van der Waals surface area contributed by atoms with Crippen LogP contribution in [0.25, 0.3) is 0 Å². The van der Waals surface area contributed by atoms with Crippen molar-refractivity contribution in [2.75, 3.05) is 23.8 Å². The molecule has 2 N–H and O–H groups in total. The maximum absolute atomic E-state index is 12.1. The third-order valence-corrected chi connectivity index (χ3v) is 4.28. The number of nitrogens with zero attached hydrogens (tertiary/aromatic N) is 1. The Bertz CT molecular complexity index is 685. The molecule has 0 spiro atoms. The van der Waals surface area contributed by atoms with E-state index in [1.807, 2.05) is 42.5 Å². The van der Waals surface area contributed by atoms with Crippen LogP contribution in [0.4, 0.5) is 11.4 Å². The Morgan fingerprint density at radius 1 is 1.26 bits per heavy atom. The number of carbonyl (C=O) groups excluding carboxylic acids is 1. The molecular formula is C19H22N2O2. The van der Waals surface area contributed by atoms with Crippen LogP contribution >= 0.6 is 0 Å². The quantitative estimate of drug-likeness (QED) is 0.912. The van der Waals surface area contributed by atoms with E-state index in [1.54, 1.807) is 0 Å². The number of amides is 1. The topological polar surface area (TPSA) is 52.6 Å². The molecule has 4 heteroatoms. The van der Waals surface area contributed by atoms with Gasteiger partial charge in [-0.2, -0.15) is 0 Å². The van der Waals surface area contributed by atoms with Crippen LogP contribution in [0.5, 0.6) is 0 Å². The molecule has 23 heavy (non-hydrogen) atoms. The van der Waals surface area contributed by atoms with E-state index in [2.05, 4.69) is 23.3 Å². The number of fused-ring (bicyclic) bond motifs is 1. The molecule has 2 aromatic carbocycles. The van der Waals surface area contributed by atoms with Gasteiger partial charge in [-0.25, -0.2) is 0 Å². The lowest BCUT2D eigenvalue weighted by molar-refractivity contribution is -0.118. The van der Waals surface area contributed by atoms with Crippen molar-refractivity contribution < 1.29 is 9.90 Å². The zero-order valence-electron chi connectivity index (χ0n) is 13.3. The summed E-state index contributed by atoms with van der Waals surface area (Å²) in [5.41, 5.74) is 4.05. The van der Waals surface area contributed by atoms with Crippen molar-refractivity contribution in [3.63, 3.8) is 0 Å². The molecule has 1 atom stereocenters. The van der Waals surface area contributed by atoms with E-state index in [0.29, 0.717) is 0 Å². The minimum Gasteiger partial charge on any atom is -0.388 e. The highest BCUT2D eigenvalue weighted by Gasteiger charge is 2.16. The lowest BCUT2D eigenvalue weighted by Gasteiger charge is -2.27. The summed E-state index contributed by atoms with van der Waals surface area (Å²) >= 11 is 0. The van der Waals surface area contributed by atoms with Crippen LogP contribution in [0.1, 0.15) is 30.1 Å². The molecule has 0 radical (unpaired) electrons. The van der Waals surface area contributed by atoms with Crippen LogP contribution in [0.2, 0.25) is 0 Å². The maximum atomic E-state index is 12.1. The summed E-state index contributed by atoms with van der Waals surface area (Å²) in [6.07, 6.45) is 1.45. The Balaban J connectivity index is 1.64. The molecule has 3 rings (SSSR count). The molecule has 0 aliphatic carbocycles. The highest BCUT2D eigenvalue weighted by Crippen LogP contribution is 2.28. The van der Waals surface area contributed by atoms with Gasteiger partial charge in [-0.1, -0.05) is 30.3 Å². The molecule has 1 unspecified atom stereocenters. The average Bonchev–Trinajstić information content (AvgIpc) is 2.55. The first-order chi connectivity index (χ1) is 11.1. The number of aryl methyl sites for hydroxylation is 1. The second kappa shape index (κ2) is 6.84. The molecule has 0 saturated carbocycles. The zero-order chi connectivity index (χ0) is 16.2. The van der Waals surface area contributed by atoms with E-state index in [9.17, 15) is 9.90 Å². The number of hydrogen-bond donors (Lipinski definition) is 2. The molecule has 1 amide bonds. The van der Waals surface area contributed by atoms with Gasteiger partial charge in [-0.3, -0.25) is 4.79 Å². The highest BCUT2D eigenvalue weighted by atomic mass is 16.3. The predicted molar refractivity (Wildman–Crippen MR) is 92.7 cm³/mol. The summed E-state index contributed by atoms with van der Waals surface area (Å²) in [7, 11) is 2.09. The van der Waals surface area contributed by atoms with Crippen molar-refractivity contribution >= 4 is 17.3 Å². The van der Waals surface area contributed by atoms with E-state index >= 15 is 0 Å². The van der Waals surface area contributed by atoms with Gasteiger partial charge in [0.25, 0.3) is 0 Å². The summed E-state index contributed by atoms with van der Waals surface area (Å²) < 4.78 is 0. The van der Waals surface area contributed by atoms with Gasteiger partial charge >= 0.3 is 0 Å². The summed E-state index contributed by atoms with van der Waals surface area (Å²) in [6, 6.07) is 15.3. The van der Waals surface area contributed by atoms with E-state index in [0.717, 1.165) is 30.6 Å². The van der Waals surface area contributed by atoms with Gasteiger partial charge in [0.15, 0.2) is 0 Å². The second-order valence-corrected chi connectivity index (χ2v) is 6.05. The van der Waals surface area contributed by atoms with E-state index in [1.165, 1.54) is 11.3 Å². The molecule has 0 saturated heterocycles. The van der Waals surface area contributed by atoms with Crippen molar-refractivity contribution in [1.29, 1.82) is 0 Å². The van der Waals surface area contributed by atoms with Gasteiger partial charge in [0.05, 0.1) is 12.5 Å². The van der Waals surface area contributed by atoms with Crippen LogP contribution in [0.15, 0.2) is 48.5 Å². The number of benzene rings is 2. The van der Waals surface area contributed by atoms with Crippen molar-refractivity contribution in [2.24, 2.45) is 0 Å². The Morgan fingerprint density at radius 2 is 2.04 bits per heavy atom. The Morgan fingerprint density at radius 3 is 2.83 bits per heavy atom. The highest BCUT2D eigenvalue weighted by molar-refractivity contribution is 5.91. The minimum absolute atomic E-state index is 0.0565. The van der Waals surface area contributed by atoms with Crippen LogP contribution < -0.4 is 10.2 Å². The maximum Gasteiger partial charge on any atom is 0.227 e. The first kappa shape index (κ1) is 15.6. The van der Waals surface area contributed by atoms with E-state index in [-0.39, 0.29) is 12.3 Å². The Labute approximate surface area is 136 Å². The van der Waals surface area contributed by atoms with Crippen LogP contribution in [-0.2, 0) is 11.2 Å². The first-order valence-corrected chi connectivity index (χ1v) is 8.00. The number of aliphatic hydroxyl groups excluding tert-OH is 1.